The molecule has 0 aliphatic heterocycles. The number of rotatable bonds is 14. The van der Waals surface area contributed by atoms with Gasteiger partial charge in [0.2, 0.25) is 17.7 Å². The van der Waals surface area contributed by atoms with E-state index in [1.165, 1.54) is 0 Å². The molecule has 9 N–H and O–H groups in total. The smallest absolute Gasteiger partial charge is 0.326 e. The first-order valence-electron chi connectivity index (χ1n) is 9.66. The van der Waals surface area contributed by atoms with Crippen molar-refractivity contribution in [1.29, 1.82) is 0 Å². The second-order valence-corrected chi connectivity index (χ2v) is 7.62. The molecule has 32 heavy (non-hydrogen) atoms. The Balaban J connectivity index is 5.45. The number of aliphatic carboxylic acids is 3. The SMILES string of the molecule is CC(C)CC(N)C(=O)NC(CC(=O)O)C(=O)NC(C(=O)NC(CC(=O)O)C(=O)O)C(C)O. The van der Waals surface area contributed by atoms with Crippen molar-refractivity contribution in [2.24, 2.45) is 11.7 Å². The molecule has 0 spiro atoms. The molecule has 14 nitrogen and oxygen atoms in total. The molecule has 0 aromatic carbocycles. The van der Waals surface area contributed by atoms with E-state index in [1.807, 2.05) is 10.6 Å². The van der Waals surface area contributed by atoms with Crippen molar-refractivity contribution in [2.45, 2.75) is 70.3 Å². The van der Waals surface area contributed by atoms with Crippen molar-refractivity contribution >= 4 is 35.6 Å². The Morgan fingerprint density at radius 1 is 0.750 bits per heavy atom. The van der Waals surface area contributed by atoms with Gasteiger partial charge in [0.1, 0.15) is 18.1 Å². The Kier molecular flexibility index (Phi) is 11.9. The Morgan fingerprint density at radius 3 is 1.62 bits per heavy atom. The molecule has 0 saturated heterocycles. The molecule has 0 rings (SSSR count). The van der Waals surface area contributed by atoms with Crippen LogP contribution in [-0.2, 0) is 28.8 Å². The number of carbonyl (C=O) groups is 6. The number of hydrogen-bond acceptors (Lipinski definition) is 8. The van der Waals surface area contributed by atoms with Gasteiger partial charge < -0.3 is 42.1 Å². The van der Waals surface area contributed by atoms with Crippen molar-refractivity contribution in [3.05, 3.63) is 0 Å². The Bertz CT molecular complexity index is 725. The topological polar surface area (TPSA) is 245 Å². The van der Waals surface area contributed by atoms with E-state index in [-0.39, 0.29) is 12.3 Å². The number of amides is 3. The first kappa shape index (κ1) is 28.7. The lowest BCUT2D eigenvalue weighted by Crippen LogP contribution is -2.60. The molecule has 0 aromatic rings. The standard InChI is InChI=1S/C18H30N4O10/c1-7(2)4-9(19)15(28)20-10(5-12(24)25)16(29)22-14(8(3)23)17(30)21-11(18(31)32)6-13(26)27/h7-11,14,23H,4-6,19H2,1-3H3,(H,20,28)(H,21,30)(H,22,29)(H,24,25)(H,26,27)(H,31,32). The van der Waals surface area contributed by atoms with Gasteiger partial charge in [0.15, 0.2) is 0 Å². The number of hydrogen-bond donors (Lipinski definition) is 8. The Morgan fingerprint density at radius 2 is 1.22 bits per heavy atom. The predicted molar refractivity (Wildman–Crippen MR) is 107 cm³/mol. The van der Waals surface area contributed by atoms with Crippen LogP contribution in [0.15, 0.2) is 0 Å². The summed E-state index contributed by atoms with van der Waals surface area (Å²) in [4.78, 5) is 70.1. The first-order valence-corrected chi connectivity index (χ1v) is 9.66. The largest absolute Gasteiger partial charge is 0.481 e. The number of carbonyl (C=O) groups excluding carboxylic acids is 3. The minimum Gasteiger partial charge on any atom is -0.481 e. The van der Waals surface area contributed by atoms with Crippen LogP contribution in [0.3, 0.4) is 0 Å². The lowest BCUT2D eigenvalue weighted by atomic mass is 10.0. The fourth-order valence-corrected chi connectivity index (χ4v) is 2.57. The number of aliphatic hydroxyl groups is 1. The summed E-state index contributed by atoms with van der Waals surface area (Å²) in [5.41, 5.74) is 5.72. The van der Waals surface area contributed by atoms with E-state index in [0.717, 1.165) is 6.92 Å². The summed E-state index contributed by atoms with van der Waals surface area (Å²) in [6.07, 6.45) is -3.15. The average molecular weight is 462 g/mol. The molecule has 0 heterocycles. The van der Waals surface area contributed by atoms with Gasteiger partial charge in [-0.15, -0.1) is 0 Å². The van der Waals surface area contributed by atoms with Crippen LogP contribution in [0.5, 0.6) is 0 Å². The molecule has 0 radical (unpaired) electrons. The zero-order chi connectivity index (χ0) is 25.2. The molecule has 182 valence electrons. The second-order valence-electron chi connectivity index (χ2n) is 7.62. The summed E-state index contributed by atoms with van der Waals surface area (Å²) in [6, 6.07) is -6.29. The lowest BCUT2D eigenvalue weighted by molar-refractivity contribution is -0.148. The van der Waals surface area contributed by atoms with Gasteiger partial charge in [0, 0.05) is 0 Å². The fraction of sp³-hybridized carbons (Fsp3) is 0.667. The molecule has 3 amide bonds. The van der Waals surface area contributed by atoms with Crippen LogP contribution in [0.1, 0.15) is 40.0 Å². The molecule has 0 saturated carbocycles. The maximum absolute atomic E-state index is 12.5. The minimum atomic E-state index is -1.85. The first-order chi connectivity index (χ1) is 14.6. The third kappa shape index (κ3) is 10.7. The molecule has 0 fully saturated rings. The van der Waals surface area contributed by atoms with Gasteiger partial charge in [0.25, 0.3) is 0 Å². The Hall–Kier alpha value is -3.26. The van der Waals surface area contributed by atoms with Crippen molar-refractivity contribution < 1.29 is 49.2 Å². The number of nitrogens with one attached hydrogen (secondary N) is 3. The van der Waals surface area contributed by atoms with Crippen molar-refractivity contribution in [3.8, 4) is 0 Å². The highest BCUT2D eigenvalue weighted by molar-refractivity contribution is 5.96. The van der Waals surface area contributed by atoms with Crippen LogP contribution in [0.25, 0.3) is 0 Å². The van der Waals surface area contributed by atoms with Gasteiger partial charge in [-0.1, -0.05) is 13.8 Å². The maximum Gasteiger partial charge on any atom is 0.326 e. The molecule has 5 atom stereocenters. The molecular formula is C18H30N4O10. The molecule has 0 bridgehead atoms. The normalized spacial score (nSPS) is 15.6. The van der Waals surface area contributed by atoms with Crippen molar-refractivity contribution in [3.63, 3.8) is 0 Å². The summed E-state index contributed by atoms with van der Waals surface area (Å²) in [5.74, 6) is -7.76. The van der Waals surface area contributed by atoms with Crippen molar-refractivity contribution in [2.75, 3.05) is 0 Å². The van der Waals surface area contributed by atoms with E-state index < -0.39 is 78.7 Å². The highest BCUT2D eigenvalue weighted by atomic mass is 16.4. The van der Waals surface area contributed by atoms with Crippen molar-refractivity contribution in [1.82, 2.24) is 16.0 Å². The third-order valence-corrected chi connectivity index (χ3v) is 4.13. The van der Waals surface area contributed by atoms with Crippen LogP contribution >= 0.6 is 0 Å². The number of carboxylic acid groups (broad SMARTS) is 3. The maximum atomic E-state index is 12.5. The summed E-state index contributed by atoms with van der Waals surface area (Å²) in [6.45, 7) is 4.69. The van der Waals surface area contributed by atoms with Gasteiger partial charge in [-0.3, -0.25) is 24.0 Å². The summed E-state index contributed by atoms with van der Waals surface area (Å²) >= 11 is 0. The monoisotopic (exact) mass is 462 g/mol. The minimum absolute atomic E-state index is 0.0406. The fourth-order valence-electron chi connectivity index (χ4n) is 2.57. The third-order valence-electron chi connectivity index (χ3n) is 4.13. The zero-order valence-electron chi connectivity index (χ0n) is 17.9. The summed E-state index contributed by atoms with van der Waals surface area (Å²) in [7, 11) is 0. The highest BCUT2D eigenvalue weighted by Crippen LogP contribution is 2.05. The summed E-state index contributed by atoms with van der Waals surface area (Å²) in [5, 5.41) is 42.7. The van der Waals surface area contributed by atoms with Gasteiger partial charge in [-0.2, -0.15) is 0 Å². The van der Waals surface area contributed by atoms with E-state index in [9.17, 15) is 33.9 Å². The van der Waals surface area contributed by atoms with Gasteiger partial charge >= 0.3 is 17.9 Å². The van der Waals surface area contributed by atoms with Crippen LogP contribution in [0.2, 0.25) is 0 Å². The summed E-state index contributed by atoms with van der Waals surface area (Å²) < 4.78 is 0. The van der Waals surface area contributed by atoms with Gasteiger partial charge in [0.05, 0.1) is 25.0 Å². The molecule has 0 aromatic heterocycles. The Labute approximate surface area is 183 Å². The van der Waals surface area contributed by atoms with E-state index in [1.54, 1.807) is 13.8 Å². The zero-order valence-corrected chi connectivity index (χ0v) is 17.9. The van der Waals surface area contributed by atoms with E-state index in [4.69, 9.17) is 21.1 Å². The number of nitrogens with two attached hydrogens (primary N) is 1. The second kappa shape index (κ2) is 13.2. The van der Waals surface area contributed by atoms with E-state index in [0.29, 0.717) is 0 Å². The molecule has 5 unspecified atom stereocenters. The predicted octanol–water partition coefficient (Wildman–Crippen LogP) is -2.77. The highest BCUT2D eigenvalue weighted by Gasteiger charge is 2.34. The van der Waals surface area contributed by atoms with Crippen LogP contribution < -0.4 is 21.7 Å². The number of carboxylic acids is 3. The van der Waals surface area contributed by atoms with Crippen LogP contribution in [0.4, 0.5) is 0 Å². The van der Waals surface area contributed by atoms with E-state index in [2.05, 4.69) is 5.32 Å². The lowest BCUT2D eigenvalue weighted by Gasteiger charge is -2.26. The molecule has 0 aliphatic carbocycles. The van der Waals surface area contributed by atoms with E-state index >= 15 is 0 Å². The van der Waals surface area contributed by atoms with Crippen LogP contribution in [0, 0.1) is 5.92 Å². The molecular weight excluding hydrogens is 432 g/mol. The quantitative estimate of drug-likeness (QED) is 0.131. The van der Waals surface area contributed by atoms with Crippen LogP contribution in [-0.4, -0.2) is 86.3 Å². The van der Waals surface area contributed by atoms with Gasteiger partial charge in [-0.25, -0.2) is 4.79 Å². The number of aliphatic hydroxyl groups excluding tert-OH is 1. The molecule has 0 aliphatic rings. The molecule has 14 heteroatoms. The van der Waals surface area contributed by atoms with Gasteiger partial charge in [-0.05, 0) is 19.3 Å². The average Bonchev–Trinajstić information content (AvgIpc) is 2.62.